The van der Waals surface area contributed by atoms with Crippen LogP contribution in [0.4, 0.5) is 5.00 Å². The maximum atomic E-state index is 12.0. The fourth-order valence-corrected chi connectivity index (χ4v) is 3.01. The minimum Gasteiger partial charge on any atom is -0.484 e. The summed E-state index contributed by atoms with van der Waals surface area (Å²) in [6.45, 7) is 5.82. The van der Waals surface area contributed by atoms with E-state index in [4.69, 9.17) is 10.00 Å². The minimum atomic E-state index is -0.266. The Kier molecular flexibility index (Phi) is 5.18. The number of aryl methyl sites for hydroxylation is 2. The van der Waals surface area contributed by atoms with E-state index in [1.807, 2.05) is 38.1 Å². The molecule has 2 aromatic rings. The van der Waals surface area contributed by atoms with Gasteiger partial charge < -0.3 is 10.1 Å². The third-order valence-corrected chi connectivity index (χ3v) is 4.57. The van der Waals surface area contributed by atoms with Crippen LogP contribution < -0.4 is 10.1 Å². The van der Waals surface area contributed by atoms with Crippen LogP contribution in [0.25, 0.3) is 0 Å². The van der Waals surface area contributed by atoms with Crippen molar-refractivity contribution in [2.45, 2.75) is 27.2 Å². The van der Waals surface area contributed by atoms with E-state index in [0.29, 0.717) is 16.3 Å². The van der Waals surface area contributed by atoms with Crippen LogP contribution in [-0.2, 0) is 11.2 Å². The maximum absolute atomic E-state index is 12.0. The predicted molar refractivity (Wildman–Crippen MR) is 88.5 cm³/mol. The summed E-state index contributed by atoms with van der Waals surface area (Å²) >= 11 is 1.41. The second-order valence-electron chi connectivity index (χ2n) is 4.93. The predicted octanol–water partition coefficient (Wildman–Crippen LogP) is 3.82. The summed E-state index contributed by atoms with van der Waals surface area (Å²) in [4.78, 5) is 13.0. The standard InChI is InChI=1S/C17H18N2O2S/c1-4-13-5-7-14(8-6-13)21-10-16(20)19-17-15(9-18)11(2)12(3)22-17/h5-8H,4,10H2,1-3H3,(H,19,20). The number of nitrogens with one attached hydrogen (secondary N) is 1. The van der Waals surface area contributed by atoms with Crippen molar-refractivity contribution in [3.8, 4) is 11.8 Å². The normalized spacial score (nSPS) is 10.1. The second-order valence-corrected chi connectivity index (χ2v) is 6.16. The van der Waals surface area contributed by atoms with Crippen LogP contribution in [-0.4, -0.2) is 12.5 Å². The Bertz CT molecular complexity index is 711. The van der Waals surface area contributed by atoms with Gasteiger partial charge in [-0.25, -0.2) is 0 Å². The highest BCUT2D eigenvalue weighted by molar-refractivity contribution is 7.16. The number of nitrogens with zero attached hydrogens (tertiary/aromatic N) is 1. The monoisotopic (exact) mass is 314 g/mol. The van der Waals surface area contributed by atoms with Crippen molar-refractivity contribution < 1.29 is 9.53 Å². The fourth-order valence-electron chi connectivity index (χ4n) is 1.98. The minimum absolute atomic E-state index is 0.0770. The van der Waals surface area contributed by atoms with Crippen LogP contribution in [0.5, 0.6) is 5.75 Å². The van der Waals surface area contributed by atoms with E-state index in [-0.39, 0.29) is 12.5 Å². The van der Waals surface area contributed by atoms with E-state index in [2.05, 4.69) is 18.3 Å². The average molecular weight is 314 g/mol. The van der Waals surface area contributed by atoms with Crippen LogP contribution in [0, 0.1) is 25.2 Å². The van der Waals surface area contributed by atoms with Gasteiger partial charge in [-0.05, 0) is 43.5 Å². The molecule has 1 N–H and O–H groups in total. The number of thiophene rings is 1. The number of anilines is 1. The van der Waals surface area contributed by atoms with E-state index in [1.54, 1.807) is 0 Å². The molecule has 1 aromatic carbocycles. The van der Waals surface area contributed by atoms with E-state index in [1.165, 1.54) is 16.9 Å². The molecule has 5 heteroatoms. The molecule has 1 amide bonds. The molecule has 1 aromatic heterocycles. The molecule has 114 valence electrons. The molecule has 0 fully saturated rings. The third-order valence-electron chi connectivity index (χ3n) is 3.45. The van der Waals surface area contributed by atoms with Crippen molar-refractivity contribution in [3.05, 3.63) is 45.8 Å². The van der Waals surface area contributed by atoms with Gasteiger partial charge in [-0.1, -0.05) is 19.1 Å². The van der Waals surface area contributed by atoms with E-state index in [9.17, 15) is 4.79 Å². The molecule has 2 rings (SSSR count). The number of nitriles is 1. The van der Waals surface area contributed by atoms with Crippen molar-refractivity contribution in [1.82, 2.24) is 0 Å². The van der Waals surface area contributed by atoms with Crippen LogP contribution >= 0.6 is 11.3 Å². The molecule has 0 bridgehead atoms. The molecule has 0 saturated heterocycles. The third kappa shape index (κ3) is 3.66. The van der Waals surface area contributed by atoms with Crippen molar-refractivity contribution in [2.24, 2.45) is 0 Å². The molecule has 0 aliphatic rings. The van der Waals surface area contributed by atoms with Crippen LogP contribution in [0.3, 0.4) is 0 Å². The molecule has 1 heterocycles. The molecule has 0 unspecified atom stereocenters. The van der Waals surface area contributed by atoms with Gasteiger partial charge in [0.25, 0.3) is 5.91 Å². The number of amides is 1. The highest BCUT2D eigenvalue weighted by Crippen LogP contribution is 2.31. The lowest BCUT2D eigenvalue weighted by Gasteiger charge is -2.07. The molecule has 0 atom stereocenters. The summed E-state index contributed by atoms with van der Waals surface area (Å²) in [5.74, 6) is 0.392. The second kappa shape index (κ2) is 7.10. The van der Waals surface area contributed by atoms with Crippen molar-refractivity contribution in [1.29, 1.82) is 5.26 Å². The van der Waals surface area contributed by atoms with Gasteiger partial charge in [-0.15, -0.1) is 11.3 Å². The zero-order valence-corrected chi connectivity index (χ0v) is 13.7. The molecular formula is C17H18N2O2S. The Hall–Kier alpha value is -2.32. The van der Waals surface area contributed by atoms with E-state index < -0.39 is 0 Å². The smallest absolute Gasteiger partial charge is 0.262 e. The maximum Gasteiger partial charge on any atom is 0.262 e. The summed E-state index contributed by atoms with van der Waals surface area (Å²) in [5, 5.41) is 12.5. The lowest BCUT2D eigenvalue weighted by atomic mass is 10.2. The van der Waals surface area contributed by atoms with Crippen molar-refractivity contribution >= 4 is 22.2 Å². The number of carbonyl (C=O) groups excluding carboxylic acids is 1. The van der Waals surface area contributed by atoms with Crippen LogP contribution in [0.2, 0.25) is 0 Å². The van der Waals surface area contributed by atoms with Crippen molar-refractivity contribution in [2.75, 3.05) is 11.9 Å². The first-order chi connectivity index (χ1) is 10.5. The summed E-state index contributed by atoms with van der Waals surface area (Å²) < 4.78 is 5.46. The van der Waals surface area contributed by atoms with Crippen LogP contribution in [0.1, 0.15) is 28.5 Å². The van der Waals surface area contributed by atoms with Gasteiger partial charge in [0.05, 0.1) is 5.56 Å². The Morgan fingerprint density at radius 3 is 2.59 bits per heavy atom. The molecule has 0 radical (unpaired) electrons. The topological polar surface area (TPSA) is 62.1 Å². The van der Waals surface area contributed by atoms with Gasteiger partial charge in [0.2, 0.25) is 0 Å². The highest BCUT2D eigenvalue weighted by Gasteiger charge is 2.14. The molecular weight excluding hydrogens is 296 g/mol. The zero-order chi connectivity index (χ0) is 16.1. The largest absolute Gasteiger partial charge is 0.484 e. The Balaban J connectivity index is 1.96. The number of benzene rings is 1. The van der Waals surface area contributed by atoms with Crippen molar-refractivity contribution in [3.63, 3.8) is 0 Å². The van der Waals surface area contributed by atoms with Gasteiger partial charge in [0.1, 0.15) is 16.8 Å². The van der Waals surface area contributed by atoms with Gasteiger partial charge in [0.15, 0.2) is 6.61 Å². The first-order valence-electron chi connectivity index (χ1n) is 7.06. The molecule has 0 aliphatic carbocycles. The molecule has 4 nitrogen and oxygen atoms in total. The lowest BCUT2D eigenvalue weighted by Crippen LogP contribution is -2.20. The number of hydrogen-bond donors (Lipinski definition) is 1. The van der Waals surface area contributed by atoms with Crippen LogP contribution in [0.15, 0.2) is 24.3 Å². The summed E-state index contributed by atoms with van der Waals surface area (Å²) in [6, 6.07) is 9.80. The van der Waals surface area contributed by atoms with Gasteiger partial charge in [-0.2, -0.15) is 5.26 Å². The molecule has 0 aliphatic heterocycles. The molecule has 0 spiro atoms. The quantitative estimate of drug-likeness (QED) is 0.912. The Labute approximate surface area is 134 Å². The van der Waals surface area contributed by atoms with Gasteiger partial charge in [-0.3, -0.25) is 4.79 Å². The van der Waals surface area contributed by atoms with E-state index in [0.717, 1.165) is 16.9 Å². The first kappa shape index (κ1) is 16.1. The Morgan fingerprint density at radius 1 is 1.32 bits per heavy atom. The average Bonchev–Trinajstić information content (AvgIpc) is 2.79. The summed E-state index contributed by atoms with van der Waals surface area (Å²) in [7, 11) is 0. The molecule has 22 heavy (non-hydrogen) atoms. The zero-order valence-electron chi connectivity index (χ0n) is 12.9. The number of ether oxygens (including phenoxy) is 1. The van der Waals surface area contributed by atoms with Gasteiger partial charge >= 0.3 is 0 Å². The van der Waals surface area contributed by atoms with Gasteiger partial charge in [0, 0.05) is 4.88 Å². The number of hydrogen-bond acceptors (Lipinski definition) is 4. The SMILES string of the molecule is CCc1ccc(OCC(=O)Nc2sc(C)c(C)c2C#N)cc1. The summed E-state index contributed by atoms with van der Waals surface area (Å²) in [6.07, 6.45) is 0.967. The number of carbonyl (C=O) groups is 1. The highest BCUT2D eigenvalue weighted by atomic mass is 32.1. The summed E-state index contributed by atoms with van der Waals surface area (Å²) in [5.41, 5.74) is 2.67. The fraction of sp³-hybridized carbons (Fsp3) is 0.294. The lowest BCUT2D eigenvalue weighted by molar-refractivity contribution is -0.118. The molecule has 0 saturated carbocycles. The first-order valence-corrected chi connectivity index (χ1v) is 7.88. The Morgan fingerprint density at radius 2 is 2.00 bits per heavy atom. The van der Waals surface area contributed by atoms with E-state index >= 15 is 0 Å². The number of rotatable bonds is 5.